The molecule has 1 fully saturated rings. The molecule has 0 spiro atoms. The van der Waals surface area contributed by atoms with Gasteiger partial charge >= 0.3 is 0 Å². The molecular weight excluding hydrogens is 352 g/mol. The van der Waals surface area contributed by atoms with Gasteiger partial charge in [-0.2, -0.15) is 0 Å². The number of sulfonamides is 1. The highest BCUT2D eigenvalue weighted by atomic mass is 79.9. The zero-order chi connectivity index (χ0) is 15.7. The van der Waals surface area contributed by atoms with E-state index in [0.29, 0.717) is 11.0 Å². The van der Waals surface area contributed by atoms with Gasteiger partial charge in [0.05, 0.1) is 4.90 Å². The third-order valence-corrected chi connectivity index (χ3v) is 6.77. The summed E-state index contributed by atoms with van der Waals surface area (Å²) >= 11 is 3.34. The fourth-order valence-electron chi connectivity index (χ4n) is 2.85. The first-order valence-electron chi connectivity index (χ1n) is 7.27. The zero-order valence-corrected chi connectivity index (χ0v) is 14.9. The van der Waals surface area contributed by atoms with E-state index in [-0.39, 0.29) is 16.4 Å². The van der Waals surface area contributed by atoms with Gasteiger partial charge in [0.25, 0.3) is 0 Å². The predicted molar refractivity (Wildman–Crippen MR) is 88.4 cm³/mol. The van der Waals surface area contributed by atoms with Gasteiger partial charge in [0.1, 0.15) is 0 Å². The Kier molecular flexibility index (Phi) is 5.13. The van der Waals surface area contributed by atoms with Crippen LogP contribution in [-0.2, 0) is 16.6 Å². The lowest BCUT2D eigenvalue weighted by molar-refractivity contribution is 0.188. The fraction of sp³-hybridized carbons (Fsp3) is 0.600. The fourth-order valence-corrected chi connectivity index (χ4v) is 5.42. The molecule has 1 aliphatic carbocycles. The second-order valence-corrected chi connectivity index (χ2v) is 8.91. The van der Waals surface area contributed by atoms with Crippen molar-refractivity contribution < 1.29 is 8.42 Å². The molecule has 4 nitrogen and oxygen atoms in total. The molecule has 0 amide bonds. The zero-order valence-electron chi connectivity index (χ0n) is 12.5. The van der Waals surface area contributed by atoms with Crippen molar-refractivity contribution in [1.82, 2.24) is 4.72 Å². The molecule has 1 saturated carbocycles. The second kappa shape index (κ2) is 6.36. The Balaban J connectivity index is 2.26. The number of nitrogens with one attached hydrogen (secondary N) is 1. The Morgan fingerprint density at radius 3 is 2.67 bits per heavy atom. The smallest absolute Gasteiger partial charge is 0.241 e. The van der Waals surface area contributed by atoms with Crippen molar-refractivity contribution >= 4 is 26.0 Å². The molecule has 1 aromatic carbocycles. The van der Waals surface area contributed by atoms with E-state index in [1.807, 2.05) is 0 Å². The van der Waals surface area contributed by atoms with Gasteiger partial charge in [-0.3, -0.25) is 0 Å². The van der Waals surface area contributed by atoms with Gasteiger partial charge in [-0.1, -0.05) is 32.8 Å². The van der Waals surface area contributed by atoms with Crippen LogP contribution in [0.4, 0.5) is 0 Å². The molecule has 3 N–H and O–H groups in total. The number of benzene rings is 1. The van der Waals surface area contributed by atoms with Gasteiger partial charge in [-0.05, 0) is 51.9 Å². The number of halogens is 1. The van der Waals surface area contributed by atoms with Gasteiger partial charge < -0.3 is 5.73 Å². The van der Waals surface area contributed by atoms with Crippen molar-refractivity contribution in [3.05, 3.63) is 28.2 Å². The number of hydrogen-bond acceptors (Lipinski definition) is 3. The molecular formula is C15H23BrN2O2S. The summed E-state index contributed by atoms with van der Waals surface area (Å²) in [5.41, 5.74) is 6.47. The van der Waals surface area contributed by atoms with Crippen LogP contribution in [0.25, 0.3) is 0 Å². The Morgan fingerprint density at radius 1 is 1.38 bits per heavy atom. The maximum atomic E-state index is 12.6. The summed E-state index contributed by atoms with van der Waals surface area (Å²) in [7, 11) is -3.52. The predicted octanol–water partition coefficient (Wildman–Crippen LogP) is 3.15. The van der Waals surface area contributed by atoms with E-state index in [1.54, 1.807) is 18.2 Å². The van der Waals surface area contributed by atoms with Crippen molar-refractivity contribution in [2.45, 2.75) is 57.0 Å². The van der Waals surface area contributed by atoms with E-state index in [4.69, 9.17) is 5.73 Å². The molecule has 0 aromatic heterocycles. The summed E-state index contributed by atoms with van der Waals surface area (Å²) in [6.45, 7) is 4.65. The molecule has 0 heterocycles. The van der Waals surface area contributed by atoms with Crippen LogP contribution >= 0.6 is 15.9 Å². The van der Waals surface area contributed by atoms with Crippen LogP contribution in [0.3, 0.4) is 0 Å². The standard InChI is InChI=1S/C15H23BrN2O2S/c1-15(2)8-4-3-5-14(15)18-21(19,20)13-7-6-11(10-17)9-12(13)16/h6-7,9,14,18H,3-5,8,10,17H2,1-2H3. The lowest BCUT2D eigenvalue weighted by Crippen LogP contribution is -2.46. The number of nitrogens with two attached hydrogens (primary N) is 1. The average molecular weight is 375 g/mol. The molecule has 0 radical (unpaired) electrons. The quantitative estimate of drug-likeness (QED) is 0.849. The van der Waals surface area contributed by atoms with Gasteiger partial charge in [-0.15, -0.1) is 0 Å². The minimum atomic E-state index is -3.52. The summed E-state index contributed by atoms with van der Waals surface area (Å²) in [6.07, 6.45) is 4.18. The van der Waals surface area contributed by atoms with Crippen LogP contribution in [0.5, 0.6) is 0 Å². The molecule has 0 bridgehead atoms. The summed E-state index contributed by atoms with van der Waals surface area (Å²) in [4.78, 5) is 0.279. The van der Waals surface area contributed by atoms with Crippen LogP contribution in [0, 0.1) is 5.41 Å². The van der Waals surface area contributed by atoms with E-state index in [9.17, 15) is 8.42 Å². The maximum absolute atomic E-state index is 12.6. The number of hydrogen-bond donors (Lipinski definition) is 2. The highest BCUT2D eigenvalue weighted by Crippen LogP contribution is 2.36. The Morgan fingerprint density at radius 2 is 2.10 bits per heavy atom. The highest BCUT2D eigenvalue weighted by molar-refractivity contribution is 9.10. The molecule has 0 aliphatic heterocycles. The molecule has 21 heavy (non-hydrogen) atoms. The Hall–Kier alpha value is -0.430. The largest absolute Gasteiger partial charge is 0.326 e. The van der Waals surface area contributed by atoms with Gasteiger partial charge in [0, 0.05) is 17.1 Å². The first kappa shape index (κ1) is 16.9. The minimum Gasteiger partial charge on any atom is -0.326 e. The van der Waals surface area contributed by atoms with Crippen molar-refractivity contribution in [2.75, 3.05) is 0 Å². The summed E-state index contributed by atoms with van der Waals surface area (Å²) in [6, 6.07) is 5.12. The van der Waals surface area contributed by atoms with E-state index in [0.717, 1.165) is 24.8 Å². The van der Waals surface area contributed by atoms with Gasteiger partial charge in [0.2, 0.25) is 10.0 Å². The van der Waals surface area contributed by atoms with Crippen molar-refractivity contribution in [2.24, 2.45) is 11.1 Å². The van der Waals surface area contributed by atoms with Gasteiger partial charge in [0.15, 0.2) is 0 Å². The van der Waals surface area contributed by atoms with Crippen molar-refractivity contribution in [1.29, 1.82) is 0 Å². The molecule has 1 unspecified atom stereocenters. The van der Waals surface area contributed by atoms with E-state index in [2.05, 4.69) is 34.5 Å². The number of rotatable bonds is 4. The average Bonchev–Trinajstić information content (AvgIpc) is 2.40. The molecule has 0 saturated heterocycles. The lowest BCUT2D eigenvalue weighted by atomic mass is 9.74. The van der Waals surface area contributed by atoms with Crippen LogP contribution in [-0.4, -0.2) is 14.5 Å². The normalized spacial score (nSPS) is 22.2. The summed E-state index contributed by atoms with van der Waals surface area (Å²) in [5.74, 6) is 0. The molecule has 2 rings (SSSR count). The highest BCUT2D eigenvalue weighted by Gasteiger charge is 2.35. The minimum absolute atomic E-state index is 0.00496. The van der Waals surface area contributed by atoms with E-state index >= 15 is 0 Å². The maximum Gasteiger partial charge on any atom is 0.241 e. The SMILES string of the molecule is CC1(C)CCCCC1NS(=O)(=O)c1ccc(CN)cc1Br. The molecule has 1 aliphatic rings. The van der Waals surface area contributed by atoms with Crippen LogP contribution < -0.4 is 10.5 Å². The third kappa shape index (κ3) is 3.86. The van der Waals surface area contributed by atoms with Crippen LogP contribution in [0.1, 0.15) is 45.1 Å². The Bertz CT molecular complexity index is 614. The van der Waals surface area contributed by atoms with Crippen molar-refractivity contribution in [3.63, 3.8) is 0 Å². The lowest BCUT2D eigenvalue weighted by Gasteiger charge is -2.38. The van der Waals surface area contributed by atoms with Crippen LogP contribution in [0.2, 0.25) is 0 Å². The Labute approximate surface area is 135 Å². The topological polar surface area (TPSA) is 72.2 Å². The second-order valence-electron chi connectivity index (χ2n) is 6.38. The van der Waals surface area contributed by atoms with E-state index in [1.165, 1.54) is 6.42 Å². The van der Waals surface area contributed by atoms with E-state index < -0.39 is 10.0 Å². The first-order chi connectivity index (χ1) is 9.76. The van der Waals surface area contributed by atoms with Gasteiger partial charge in [-0.25, -0.2) is 13.1 Å². The third-order valence-electron chi connectivity index (χ3n) is 4.33. The molecule has 1 atom stereocenters. The summed E-state index contributed by atoms with van der Waals surface area (Å²) in [5, 5.41) is 0. The monoisotopic (exact) mass is 374 g/mol. The molecule has 1 aromatic rings. The van der Waals surface area contributed by atoms with Crippen LogP contribution in [0.15, 0.2) is 27.6 Å². The van der Waals surface area contributed by atoms with Crippen molar-refractivity contribution in [3.8, 4) is 0 Å². The summed E-state index contributed by atoms with van der Waals surface area (Å²) < 4.78 is 28.7. The molecule has 6 heteroatoms. The molecule has 118 valence electrons. The first-order valence-corrected chi connectivity index (χ1v) is 9.55.